The zero-order valence-corrected chi connectivity index (χ0v) is 14.8. The van der Waals surface area contributed by atoms with Gasteiger partial charge in [0.1, 0.15) is 0 Å². The van der Waals surface area contributed by atoms with Crippen LogP contribution in [0.25, 0.3) is 0 Å². The lowest BCUT2D eigenvalue weighted by Gasteiger charge is -2.32. The van der Waals surface area contributed by atoms with Crippen molar-refractivity contribution in [2.45, 2.75) is 52.1 Å². The lowest BCUT2D eigenvalue weighted by atomic mass is 9.80. The summed E-state index contributed by atoms with van der Waals surface area (Å²) in [6.07, 6.45) is 6.80. The van der Waals surface area contributed by atoms with Gasteiger partial charge in [-0.05, 0) is 43.6 Å². The molecule has 2 N–H and O–H groups in total. The highest BCUT2D eigenvalue weighted by atomic mass is 16.5. The smallest absolute Gasteiger partial charge is 0.218 e. The molecule has 0 unspecified atom stereocenters. The van der Waals surface area contributed by atoms with Crippen molar-refractivity contribution in [1.82, 2.24) is 15.6 Å². The van der Waals surface area contributed by atoms with Crippen LogP contribution < -0.4 is 15.4 Å². The molecule has 1 heterocycles. The molecule has 2 rings (SSSR count). The summed E-state index contributed by atoms with van der Waals surface area (Å²) in [5.41, 5.74) is 1.03. The number of ether oxygens (including phenoxy) is 1. The number of nitrogens with one attached hydrogen (secondary N) is 2. The molecule has 0 saturated heterocycles. The van der Waals surface area contributed by atoms with Gasteiger partial charge in [0.2, 0.25) is 5.88 Å². The molecular weight excluding hydrogens is 288 g/mol. The van der Waals surface area contributed by atoms with Crippen molar-refractivity contribution in [2.24, 2.45) is 16.8 Å². The molecule has 0 spiro atoms. The fraction of sp³-hybridized carbons (Fsp3) is 0.667. The van der Waals surface area contributed by atoms with E-state index in [9.17, 15) is 0 Å². The van der Waals surface area contributed by atoms with Crippen LogP contribution in [0.5, 0.6) is 5.88 Å². The predicted molar refractivity (Wildman–Crippen MR) is 94.7 cm³/mol. The fourth-order valence-corrected chi connectivity index (χ4v) is 3.24. The number of aromatic nitrogens is 1. The summed E-state index contributed by atoms with van der Waals surface area (Å²) >= 11 is 0. The molecular formula is C18H30N4O. The van der Waals surface area contributed by atoms with Crippen LogP contribution in [0, 0.1) is 11.8 Å². The Morgan fingerprint density at radius 1 is 1.35 bits per heavy atom. The van der Waals surface area contributed by atoms with E-state index in [0.29, 0.717) is 18.5 Å². The Morgan fingerprint density at radius 2 is 2.09 bits per heavy atom. The number of hydrogen-bond donors (Lipinski definition) is 2. The molecule has 23 heavy (non-hydrogen) atoms. The van der Waals surface area contributed by atoms with Gasteiger partial charge in [0.05, 0.1) is 7.11 Å². The molecule has 0 atom stereocenters. The Labute approximate surface area is 139 Å². The number of methoxy groups -OCH3 is 1. The first-order valence-electron chi connectivity index (χ1n) is 8.59. The Morgan fingerprint density at radius 3 is 2.70 bits per heavy atom. The summed E-state index contributed by atoms with van der Waals surface area (Å²) in [6, 6.07) is 4.45. The van der Waals surface area contributed by atoms with Gasteiger partial charge in [0.25, 0.3) is 0 Å². The van der Waals surface area contributed by atoms with E-state index in [4.69, 9.17) is 4.74 Å². The van der Waals surface area contributed by atoms with Crippen LogP contribution >= 0.6 is 0 Å². The summed E-state index contributed by atoms with van der Waals surface area (Å²) in [6.45, 7) is 5.32. The molecule has 1 saturated carbocycles. The maximum Gasteiger partial charge on any atom is 0.218 e. The molecule has 128 valence electrons. The fourth-order valence-electron chi connectivity index (χ4n) is 3.24. The summed E-state index contributed by atoms with van der Waals surface area (Å²) in [5.74, 6) is 3.19. The van der Waals surface area contributed by atoms with E-state index >= 15 is 0 Å². The predicted octanol–water partition coefficient (Wildman–Crippen LogP) is 2.97. The minimum atomic E-state index is 0.520. The van der Waals surface area contributed by atoms with Crippen LogP contribution in [0.3, 0.4) is 0 Å². The third-order valence-corrected chi connectivity index (χ3v) is 4.77. The first-order chi connectivity index (χ1) is 11.1. The number of rotatable bonds is 5. The first kappa shape index (κ1) is 17.6. The van der Waals surface area contributed by atoms with Crippen molar-refractivity contribution in [2.75, 3.05) is 14.2 Å². The molecule has 0 radical (unpaired) electrons. The molecule has 5 heteroatoms. The van der Waals surface area contributed by atoms with E-state index in [-0.39, 0.29) is 0 Å². The molecule has 0 aliphatic heterocycles. The van der Waals surface area contributed by atoms with Crippen molar-refractivity contribution in [3.8, 4) is 5.88 Å². The molecule has 1 aliphatic carbocycles. The molecule has 0 bridgehead atoms. The van der Waals surface area contributed by atoms with Gasteiger partial charge in [0, 0.05) is 31.4 Å². The zero-order chi connectivity index (χ0) is 16.7. The second kappa shape index (κ2) is 8.75. The van der Waals surface area contributed by atoms with E-state index in [1.807, 2.05) is 19.2 Å². The summed E-state index contributed by atoms with van der Waals surface area (Å²) in [7, 11) is 3.46. The molecule has 0 aromatic carbocycles. The van der Waals surface area contributed by atoms with Crippen LogP contribution in [0.1, 0.15) is 45.1 Å². The van der Waals surface area contributed by atoms with Crippen LogP contribution in [0.15, 0.2) is 23.3 Å². The number of aliphatic imine (C=N–C) groups is 1. The molecule has 5 nitrogen and oxygen atoms in total. The van der Waals surface area contributed by atoms with Crippen molar-refractivity contribution in [3.05, 3.63) is 23.9 Å². The third-order valence-electron chi connectivity index (χ3n) is 4.77. The average Bonchev–Trinajstić information content (AvgIpc) is 2.59. The van der Waals surface area contributed by atoms with E-state index < -0.39 is 0 Å². The largest absolute Gasteiger partial charge is 0.481 e. The van der Waals surface area contributed by atoms with Crippen LogP contribution in [-0.4, -0.2) is 31.1 Å². The highest BCUT2D eigenvalue weighted by Gasteiger charge is 2.23. The van der Waals surface area contributed by atoms with E-state index in [1.165, 1.54) is 25.7 Å². The van der Waals surface area contributed by atoms with Crippen molar-refractivity contribution in [3.63, 3.8) is 0 Å². The Hall–Kier alpha value is -1.78. The minimum absolute atomic E-state index is 0.520. The Kier molecular flexibility index (Phi) is 6.68. The van der Waals surface area contributed by atoms with Gasteiger partial charge >= 0.3 is 0 Å². The molecule has 1 fully saturated rings. The average molecular weight is 318 g/mol. The SMILES string of the molecule is CN=C(NCc1cccnc1OC)NC1CCC(C(C)C)CC1. The summed E-state index contributed by atoms with van der Waals surface area (Å²) in [5, 5.41) is 6.91. The van der Waals surface area contributed by atoms with Crippen LogP contribution in [0.4, 0.5) is 0 Å². The lowest BCUT2D eigenvalue weighted by molar-refractivity contribution is 0.250. The Balaban J connectivity index is 1.82. The second-order valence-corrected chi connectivity index (χ2v) is 6.60. The second-order valence-electron chi connectivity index (χ2n) is 6.60. The van der Waals surface area contributed by atoms with Gasteiger partial charge in [-0.1, -0.05) is 19.9 Å². The number of nitrogens with zero attached hydrogens (tertiary/aromatic N) is 2. The number of pyridine rings is 1. The van der Waals surface area contributed by atoms with Gasteiger partial charge in [0.15, 0.2) is 5.96 Å². The van der Waals surface area contributed by atoms with E-state index in [1.54, 1.807) is 13.3 Å². The van der Waals surface area contributed by atoms with Crippen molar-refractivity contribution in [1.29, 1.82) is 0 Å². The highest BCUT2D eigenvalue weighted by Crippen LogP contribution is 2.29. The van der Waals surface area contributed by atoms with Gasteiger partial charge in [-0.3, -0.25) is 4.99 Å². The maximum absolute atomic E-state index is 5.28. The van der Waals surface area contributed by atoms with Crippen molar-refractivity contribution >= 4 is 5.96 Å². The summed E-state index contributed by atoms with van der Waals surface area (Å²) < 4.78 is 5.28. The Bertz CT molecular complexity index is 507. The van der Waals surface area contributed by atoms with Crippen LogP contribution in [0.2, 0.25) is 0 Å². The topological polar surface area (TPSA) is 58.5 Å². The molecule has 0 amide bonds. The number of hydrogen-bond acceptors (Lipinski definition) is 3. The van der Waals surface area contributed by atoms with Crippen LogP contribution in [-0.2, 0) is 6.54 Å². The van der Waals surface area contributed by atoms with E-state index in [2.05, 4.69) is 34.5 Å². The van der Waals surface area contributed by atoms with Gasteiger partial charge in [-0.15, -0.1) is 0 Å². The maximum atomic E-state index is 5.28. The highest BCUT2D eigenvalue weighted by molar-refractivity contribution is 5.80. The monoisotopic (exact) mass is 318 g/mol. The number of guanidine groups is 1. The third kappa shape index (κ3) is 5.12. The van der Waals surface area contributed by atoms with E-state index in [0.717, 1.165) is 23.4 Å². The van der Waals surface area contributed by atoms with Gasteiger partial charge in [-0.2, -0.15) is 0 Å². The minimum Gasteiger partial charge on any atom is -0.481 e. The van der Waals surface area contributed by atoms with Gasteiger partial charge in [-0.25, -0.2) is 4.98 Å². The first-order valence-corrected chi connectivity index (χ1v) is 8.59. The van der Waals surface area contributed by atoms with Crippen molar-refractivity contribution < 1.29 is 4.74 Å². The standard InChI is InChI=1S/C18H30N4O/c1-13(2)14-7-9-16(10-8-14)22-18(19-3)21-12-15-6-5-11-20-17(15)23-4/h5-6,11,13-14,16H,7-10,12H2,1-4H3,(H2,19,21,22). The quantitative estimate of drug-likeness (QED) is 0.647. The molecule has 1 aliphatic rings. The molecule has 1 aromatic heterocycles. The van der Waals surface area contributed by atoms with Gasteiger partial charge < -0.3 is 15.4 Å². The normalized spacial score (nSPS) is 22.0. The lowest BCUT2D eigenvalue weighted by Crippen LogP contribution is -2.44. The summed E-state index contributed by atoms with van der Waals surface area (Å²) in [4.78, 5) is 8.56. The zero-order valence-electron chi connectivity index (χ0n) is 14.8. The molecule has 1 aromatic rings.